The molecule has 1 atom stereocenters. The van der Waals surface area contributed by atoms with Crippen molar-refractivity contribution in [3.8, 4) is 22.6 Å². The van der Waals surface area contributed by atoms with Crippen molar-refractivity contribution in [2.75, 3.05) is 30.1 Å². The van der Waals surface area contributed by atoms with Crippen LogP contribution in [0.2, 0.25) is 0 Å². The molecule has 2 aliphatic carbocycles. The van der Waals surface area contributed by atoms with Crippen molar-refractivity contribution in [3.63, 3.8) is 0 Å². The molecule has 5 aromatic carbocycles. The summed E-state index contributed by atoms with van der Waals surface area (Å²) < 4.78 is 156. The summed E-state index contributed by atoms with van der Waals surface area (Å²) in [6.45, 7) is 1.46. The minimum Gasteiger partial charge on any atom is -0.744 e. The number of para-hydroxylation sites is 1. The van der Waals surface area contributed by atoms with E-state index >= 15 is 0 Å². The number of Topliss-reactive ketones (excluding diaryl/α,β-unsaturated/α-hetero) is 2. The van der Waals surface area contributed by atoms with Crippen LogP contribution in [0.25, 0.3) is 23.3 Å². The van der Waals surface area contributed by atoms with Gasteiger partial charge in [0, 0.05) is 5.56 Å². The van der Waals surface area contributed by atoms with Gasteiger partial charge in [-0.2, -0.15) is 30.5 Å². The Bertz CT molecular complexity index is 3930. The average Bonchev–Trinajstić information content (AvgIpc) is 3.62. The molecule has 25 nitrogen and oxygen atoms in total. The van der Waals surface area contributed by atoms with Crippen LogP contribution in [0.4, 0.5) is 22.7 Å². The molecule has 0 radical (unpaired) electrons. The fourth-order valence-corrected chi connectivity index (χ4v) is 9.71. The summed E-state index contributed by atoms with van der Waals surface area (Å²) in [4.78, 5) is 36.6. The maximum Gasteiger partial charge on any atom is 1.00 e. The third-order valence-electron chi connectivity index (χ3n) is 10.9. The third-order valence-corrected chi connectivity index (χ3v) is 14.2. The number of ether oxygens (including phenoxy) is 2. The Hall–Kier alpha value is -4.16. The first kappa shape index (κ1) is 65.4. The number of allylic oxidation sites excluding steroid dienone is 2. The van der Waals surface area contributed by atoms with Crippen molar-refractivity contribution in [3.05, 3.63) is 129 Å². The molecule has 0 bridgehead atoms. The van der Waals surface area contributed by atoms with Gasteiger partial charge in [-0.15, -0.1) is 0 Å². The zero-order valence-corrected chi connectivity index (χ0v) is 52.5. The maximum atomic E-state index is 14.2. The van der Waals surface area contributed by atoms with Crippen molar-refractivity contribution in [2.24, 2.45) is 25.5 Å². The maximum absolute atomic E-state index is 14.2. The second kappa shape index (κ2) is 25.5. The predicted molar refractivity (Wildman–Crippen MR) is 255 cm³/mol. The van der Waals surface area contributed by atoms with E-state index in [4.69, 9.17) is 9.47 Å². The summed E-state index contributed by atoms with van der Waals surface area (Å²) >= 11 is 0. The molecule has 1 heterocycles. The molecule has 3 aliphatic rings. The first-order chi connectivity index (χ1) is 34.3. The van der Waals surface area contributed by atoms with E-state index in [1.807, 2.05) is 0 Å². The van der Waals surface area contributed by atoms with Gasteiger partial charge in [0.05, 0.1) is 62.9 Å². The number of nitrogens with one attached hydrogen (secondary N) is 2. The van der Waals surface area contributed by atoms with E-state index in [-0.39, 0.29) is 158 Å². The van der Waals surface area contributed by atoms with Crippen molar-refractivity contribution >= 4 is 110 Å². The molecule has 2 N–H and O–H groups in total. The number of azo groups is 1. The fraction of sp³-hybridized carbons (Fsp3) is 0.0909. The normalized spacial score (nSPS) is 16.4. The topological polar surface area (TPSA) is 388 Å². The Balaban J connectivity index is 0.00000320. The smallest absolute Gasteiger partial charge is 0.744 e. The van der Waals surface area contributed by atoms with Gasteiger partial charge < -0.3 is 27.7 Å². The Morgan fingerprint density at radius 2 is 1.10 bits per heavy atom. The molecule has 0 saturated carbocycles. The van der Waals surface area contributed by atoms with Crippen molar-refractivity contribution in [2.45, 2.75) is 22.8 Å². The number of hydrogen-bond donors (Lipinski definition) is 2. The zero-order chi connectivity index (χ0) is 52.9. The zero-order valence-electron chi connectivity index (χ0n) is 41.2. The summed E-state index contributed by atoms with van der Waals surface area (Å²) in [6, 6.07) is 19.7. The standard InChI is InChI=1S/C44H34N8O17S4.4Na/c1-22-39(44(55)52(51-22)27-7-5-4-6-8-27)48-47-33-21-29(71(59,60)61)16-26-20-36(72(62,63)64)41(43(54)38(26)33)50-46-32-14-10-24(18-35(32)69-3)23-9-13-31(34(17-23)68-2)45-49-40-30-12-11-28(70(56,57)58)15-25(30)19-37(42(40)53)73(65,66)67;;;;/h4-21,39,45-46H,1-3H3,(H,56,57,58)(H,59,60,61)(H,62,63,64)(H,65,66,67);;;;/q;4*+1/p-4/b48-47?,49-40-,50-41-;;;;. The second-order valence-electron chi connectivity index (χ2n) is 15.5. The molecule has 0 aromatic heterocycles. The number of nitrogens with zero attached hydrogens (tertiary/aromatic N) is 6. The molecule has 33 heteroatoms. The molecule has 1 unspecified atom stereocenters. The molecule has 376 valence electrons. The number of carbonyl (C=O) groups is 3. The number of ketones is 2. The third kappa shape index (κ3) is 14.1. The van der Waals surface area contributed by atoms with Crippen molar-refractivity contribution < 1.29 is 194 Å². The Morgan fingerprint density at radius 1 is 0.584 bits per heavy atom. The number of benzene rings is 5. The minimum absolute atomic E-state index is 0. The number of fused-ring (bicyclic) bond motifs is 2. The van der Waals surface area contributed by atoms with E-state index in [0.29, 0.717) is 41.1 Å². The summed E-state index contributed by atoms with van der Waals surface area (Å²) in [5.41, 5.74) is 2.91. The van der Waals surface area contributed by atoms with Crippen LogP contribution < -0.4 is 144 Å². The molecule has 0 spiro atoms. The number of methoxy groups -OCH3 is 2. The summed E-state index contributed by atoms with van der Waals surface area (Å²) in [5, 5.41) is 21.2. The summed E-state index contributed by atoms with van der Waals surface area (Å²) in [6.07, 6.45) is 1.27. The summed E-state index contributed by atoms with van der Waals surface area (Å²) in [7, 11) is -18.8. The molecule has 0 fully saturated rings. The number of carbonyl (C=O) groups excluding carboxylic acids is 3. The van der Waals surface area contributed by atoms with Gasteiger partial charge in [0.1, 0.15) is 68.3 Å². The van der Waals surface area contributed by atoms with Crippen LogP contribution in [0, 0.1) is 0 Å². The van der Waals surface area contributed by atoms with Gasteiger partial charge in [-0.1, -0.05) is 36.4 Å². The molecule has 1 amide bonds. The molecular formula is C44H30N8Na4O17S4. The first-order valence-corrected chi connectivity index (χ1v) is 26.0. The largest absolute Gasteiger partial charge is 1.00 e. The van der Waals surface area contributed by atoms with Gasteiger partial charge in [-0.05, 0) is 102 Å². The van der Waals surface area contributed by atoms with Crippen LogP contribution in [-0.2, 0) is 50.1 Å². The van der Waals surface area contributed by atoms with Gasteiger partial charge >= 0.3 is 118 Å². The molecular weight excluding hydrogens is 1130 g/mol. The first-order valence-electron chi connectivity index (χ1n) is 20.4. The van der Waals surface area contributed by atoms with E-state index in [2.05, 4.69) is 36.4 Å². The van der Waals surface area contributed by atoms with Crippen molar-refractivity contribution in [1.29, 1.82) is 0 Å². The second-order valence-corrected chi connectivity index (χ2v) is 20.9. The van der Waals surface area contributed by atoms with Crippen LogP contribution in [-0.4, -0.2) is 107 Å². The molecule has 8 rings (SSSR count). The van der Waals surface area contributed by atoms with Gasteiger partial charge in [-0.25, -0.2) is 33.7 Å². The van der Waals surface area contributed by atoms with Crippen LogP contribution in [0.1, 0.15) is 34.0 Å². The van der Waals surface area contributed by atoms with Gasteiger partial charge in [-0.3, -0.25) is 25.2 Å². The Kier molecular flexibility index (Phi) is 21.7. The quantitative estimate of drug-likeness (QED) is 0.0451. The number of hydrazone groups is 3. The summed E-state index contributed by atoms with van der Waals surface area (Å²) in [5.74, 6) is -3.18. The Labute approximate surface area is 527 Å². The van der Waals surface area contributed by atoms with Crippen LogP contribution >= 0.6 is 0 Å². The van der Waals surface area contributed by atoms with Crippen LogP contribution in [0.3, 0.4) is 0 Å². The van der Waals surface area contributed by atoms with Crippen LogP contribution in [0.15, 0.2) is 142 Å². The SMILES string of the molecule is COc1cc(-c2ccc(N/N=C3\C(=O)c4c(cc(S(=O)(=O)[O-])cc4N=NC4C(=O)N(c5ccccc5)N=C4C)C=C3S(=O)(=O)[O-])c(OC)c2)ccc1N/N=C1\C(=O)C(S(=O)(=O)[O-])=Cc2cc(S(=O)(=O)[O-])ccc21.[Na+].[Na+].[Na+].[Na+]. The number of hydrogen-bond acceptors (Lipinski definition) is 24. The monoisotopic (exact) mass is 1160 g/mol. The fourth-order valence-electron chi connectivity index (χ4n) is 7.44. The molecule has 1 aliphatic heterocycles. The predicted octanol–water partition coefficient (Wildman–Crippen LogP) is -8.09. The Morgan fingerprint density at radius 3 is 1.62 bits per heavy atom. The van der Waals surface area contributed by atoms with E-state index in [1.165, 1.54) is 57.5 Å². The van der Waals surface area contributed by atoms with Gasteiger partial charge in [0.2, 0.25) is 11.6 Å². The number of amides is 1. The van der Waals surface area contributed by atoms with E-state index in [1.54, 1.807) is 30.3 Å². The van der Waals surface area contributed by atoms with E-state index in [9.17, 15) is 66.3 Å². The van der Waals surface area contributed by atoms with E-state index < -0.39 is 112 Å². The average molecular weight is 1160 g/mol. The molecule has 77 heavy (non-hydrogen) atoms. The van der Waals surface area contributed by atoms with Crippen LogP contribution in [0.5, 0.6) is 11.5 Å². The van der Waals surface area contributed by atoms with E-state index in [0.717, 1.165) is 23.2 Å². The number of rotatable bonds is 14. The van der Waals surface area contributed by atoms with Gasteiger partial charge in [0.15, 0.2) is 6.04 Å². The number of anilines is 3. The molecule has 5 aromatic rings. The molecule has 0 saturated heterocycles. The van der Waals surface area contributed by atoms with Gasteiger partial charge in [0.25, 0.3) is 5.91 Å². The van der Waals surface area contributed by atoms with Crippen molar-refractivity contribution in [1.82, 2.24) is 0 Å². The minimum atomic E-state index is -5.57.